The van der Waals surface area contributed by atoms with E-state index in [0.717, 1.165) is 40.9 Å². The Bertz CT molecular complexity index is 997. The van der Waals surface area contributed by atoms with Crippen molar-refractivity contribution in [3.8, 4) is 11.1 Å². The summed E-state index contributed by atoms with van der Waals surface area (Å²) in [6.07, 6.45) is 4.38. The van der Waals surface area contributed by atoms with Gasteiger partial charge in [-0.2, -0.15) is 0 Å². The number of nitrogens with zero attached hydrogens (tertiary/aromatic N) is 3. The maximum Gasteiger partial charge on any atom is 0.255 e. The summed E-state index contributed by atoms with van der Waals surface area (Å²) in [6, 6.07) is 8.46. The minimum atomic E-state index is -0.251. The predicted octanol–water partition coefficient (Wildman–Crippen LogP) is 2.84. The zero-order valence-corrected chi connectivity index (χ0v) is 14.5. The molecule has 4 rings (SSSR count). The monoisotopic (exact) mass is 350 g/mol. The topological polar surface area (TPSA) is 61.9 Å². The Kier molecular flexibility index (Phi) is 4.34. The van der Waals surface area contributed by atoms with Crippen LogP contribution in [0.25, 0.3) is 11.1 Å². The molecule has 3 heterocycles. The number of benzene rings is 1. The summed E-state index contributed by atoms with van der Waals surface area (Å²) >= 11 is 0. The predicted molar refractivity (Wildman–Crippen MR) is 97.0 cm³/mol. The number of aromatic amines is 1. The number of nitrogens with one attached hydrogen (secondary N) is 1. The molecule has 132 valence electrons. The molecule has 0 unspecified atom stereocenters. The van der Waals surface area contributed by atoms with Gasteiger partial charge in [-0.05, 0) is 36.2 Å². The van der Waals surface area contributed by atoms with E-state index in [2.05, 4.69) is 25.9 Å². The molecule has 0 saturated carbocycles. The van der Waals surface area contributed by atoms with E-state index in [1.54, 1.807) is 25.3 Å². The minimum Gasteiger partial charge on any atom is -0.310 e. The van der Waals surface area contributed by atoms with Gasteiger partial charge in [-0.15, -0.1) is 0 Å². The molecule has 1 aliphatic rings. The van der Waals surface area contributed by atoms with Crippen molar-refractivity contribution in [1.29, 1.82) is 0 Å². The lowest BCUT2D eigenvalue weighted by Gasteiger charge is -2.27. The highest BCUT2D eigenvalue weighted by Gasteiger charge is 2.20. The first-order chi connectivity index (χ1) is 12.6. The molecule has 1 N–H and O–H groups in total. The highest BCUT2D eigenvalue weighted by atomic mass is 19.1. The molecular formula is C20H19FN4O. The first-order valence-corrected chi connectivity index (χ1v) is 8.59. The average molecular weight is 350 g/mol. The Hall–Kier alpha value is -2.86. The van der Waals surface area contributed by atoms with Crippen molar-refractivity contribution < 1.29 is 4.39 Å². The van der Waals surface area contributed by atoms with E-state index in [-0.39, 0.29) is 11.4 Å². The van der Waals surface area contributed by atoms with Crippen LogP contribution in [0.3, 0.4) is 0 Å². The Balaban J connectivity index is 1.54. The molecule has 0 spiro atoms. The third-order valence-electron chi connectivity index (χ3n) is 4.64. The number of H-pyrrole nitrogens is 1. The van der Waals surface area contributed by atoms with Gasteiger partial charge in [0.2, 0.25) is 0 Å². The van der Waals surface area contributed by atoms with Gasteiger partial charge in [-0.1, -0.05) is 12.1 Å². The van der Waals surface area contributed by atoms with Gasteiger partial charge in [0.25, 0.3) is 5.56 Å². The van der Waals surface area contributed by atoms with Gasteiger partial charge >= 0.3 is 0 Å². The fourth-order valence-electron chi connectivity index (χ4n) is 3.37. The standard InChI is InChI=1S/C20H19FN4O/c1-13-23-19-6-7-25(12-18(19)20(26)24-13)11-14-8-16(10-22-9-14)15-2-4-17(21)5-3-15/h2-5,8-10H,6-7,11-12H2,1H3,(H,23,24,26). The van der Waals surface area contributed by atoms with Crippen LogP contribution in [0.15, 0.2) is 47.5 Å². The summed E-state index contributed by atoms with van der Waals surface area (Å²) in [4.78, 5) is 26.0. The second-order valence-corrected chi connectivity index (χ2v) is 6.63. The largest absolute Gasteiger partial charge is 0.310 e. The number of halogens is 1. The summed E-state index contributed by atoms with van der Waals surface area (Å²) < 4.78 is 13.1. The molecule has 1 aliphatic heterocycles. The number of aryl methyl sites for hydroxylation is 1. The highest BCUT2D eigenvalue weighted by molar-refractivity contribution is 5.62. The molecule has 0 amide bonds. The van der Waals surface area contributed by atoms with Crippen LogP contribution in [-0.4, -0.2) is 26.4 Å². The van der Waals surface area contributed by atoms with Crippen LogP contribution in [-0.2, 0) is 19.5 Å². The third-order valence-corrected chi connectivity index (χ3v) is 4.64. The molecule has 0 bridgehead atoms. The maximum absolute atomic E-state index is 13.1. The number of pyridine rings is 1. The molecule has 6 heteroatoms. The van der Waals surface area contributed by atoms with Crippen molar-refractivity contribution in [2.75, 3.05) is 6.54 Å². The van der Waals surface area contributed by atoms with E-state index in [0.29, 0.717) is 18.9 Å². The second-order valence-electron chi connectivity index (χ2n) is 6.63. The average Bonchev–Trinajstić information content (AvgIpc) is 2.63. The lowest BCUT2D eigenvalue weighted by Crippen LogP contribution is -2.35. The van der Waals surface area contributed by atoms with Crippen molar-refractivity contribution in [3.05, 3.63) is 81.5 Å². The molecule has 1 aromatic carbocycles. The van der Waals surface area contributed by atoms with E-state index in [4.69, 9.17) is 0 Å². The number of hydrogen-bond donors (Lipinski definition) is 1. The van der Waals surface area contributed by atoms with E-state index in [9.17, 15) is 9.18 Å². The molecule has 2 aromatic heterocycles. The van der Waals surface area contributed by atoms with Gasteiger partial charge < -0.3 is 4.98 Å². The van der Waals surface area contributed by atoms with Gasteiger partial charge in [0, 0.05) is 44.0 Å². The molecule has 0 radical (unpaired) electrons. The fraction of sp³-hybridized carbons (Fsp3) is 0.250. The van der Waals surface area contributed by atoms with Crippen LogP contribution in [0.1, 0.15) is 22.6 Å². The first-order valence-electron chi connectivity index (χ1n) is 8.59. The normalized spacial score (nSPS) is 14.2. The van der Waals surface area contributed by atoms with Crippen LogP contribution in [0.5, 0.6) is 0 Å². The lowest BCUT2D eigenvalue weighted by molar-refractivity contribution is 0.241. The Morgan fingerprint density at radius 2 is 2.00 bits per heavy atom. The van der Waals surface area contributed by atoms with E-state index >= 15 is 0 Å². The maximum atomic E-state index is 13.1. The molecule has 0 fully saturated rings. The highest BCUT2D eigenvalue weighted by Crippen LogP contribution is 2.22. The van der Waals surface area contributed by atoms with Crippen LogP contribution >= 0.6 is 0 Å². The Labute approximate surface area is 150 Å². The van der Waals surface area contributed by atoms with Crippen LogP contribution < -0.4 is 5.56 Å². The van der Waals surface area contributed by atoms with Gasteiger partial charge in [0.1, 0.15) is 11.6 Å². The number of aromatic nitrogens is 3. The summed E-state index contributed by atoms with van der Waals surface area (Å²) in [5.41, 5.74) is 4.56. The van der Waals surface area contributed by atoms with Gasteiger partial charge in [0.15, 0.2) is 0 Å². The van der Waals surface area contributed by atoms with Crippen molar-refractivity contribution in [2.45, 2.75) is 26.4 Å². The van der Waals surface area contributed by atoms with Crippen molar-refractivity contribution in [2.24, 2.45) is 0 Å². The smallest absolute Gasteiger partial charge is 0.255 e. The van der Waals surface area contributed by atoms with Crippen LogP contribution in [0.4, 0.5) is 4.39 Å². The molecule has 3 aromatic rings. The van der Waals surface area contributed by atoms with Gasteiger partial charge in [0.05, 0.1) is 11.3 Å². The van der Waals surface area contributed by atoms with Crippen molar-refractivity contribution >= 4 is 0 Å². The summed E-state index contributed by atoms with van der Waals surface area (Å²) in [6.45, 7) is 3.94. The Morgan fingerprint density at radius 1 is 1.19 bits per heavy atom. The van der Waals surface area contributed by atoms with Crippen molar-refractivity contribution in [1.82, 2.24) is 19.9 Å². The van der Waals surface area contributed by atoms with Crippen molar-refractivity contribution in [3.63, 3.8) is 0 Å². The lowest BCUT2D eigenvalue weighted by atomic mass is 10.0. The third kappa shape index (κ3) is 3.41. The minimum absolute atomic E-state index is 0.0459. The number of fused-ring (bicyclic) bond motifs is 1. The summed E-state index contributed by atoms with van der Waals surface area (Å²) in [5, 5.41) is 0. The molecule has 0 atom stereocenters. The fourth-order valence-corrected chi connectivity index (χ4v) is 3.37. The Morgan fingerprint density at radius 3 is 2.81 bits per heavy atom. The summed E-state index contributed by atoms with van der Waals surface area (Å²) in [5.74, 6) is 0.414. The molecule has 0 aliphatic carbocycles. The van der Waals surface area contributed by atoms with Crippen LogP contribution in [0, 0.1) is 12.7 Å². The van der Waals surface area contributed by atoms with Crippen LogP contribution in [0.2, 0.25) is 0 Å². The second kappa shape index (κ2) is 6.80. The molecule has 5 nitrogen and oxygen atoms in total. The molecule has 26 heavy (non-hydrogen) atoms. The quantitative estimate of drug-likeness (QED) is 0.789. The van der Waals surface area contributed by atoms with E-state index in [1.807, 2.05) is 6.20 Å². The molecular weight excluding hydrogens is 331 g/mol. The van der Waals surface area contributed by atoms with Gasteiger partial charge in [-0.3, -0.25) is 14.7 Å². The summed E-state index contributed by atoms with van der Waals surface area (Å²) in [7, 11) is 0. The number of rotatable bonds is 3. The van der Waals surface area contributed by atoms with Gasteiger partial charge in [-0.25, -0.2) is 9.37 Å². The zero-order chi connectivity index (χ0) is 18.1. The van der Waals surface area contributed by atoms with E-state index in [1.165, 1.54) is 12.1 Å². The van der Waals surface area contributed by atoms with E-state index < -0.39 is 0 Å². The number of hydrogen-bond acceptors (Lipinski definition) is 4. The first kappa shape index (κ1) is 16.6. The zero-order valence-electron chi connectivity index (χ0n) is 14.5. The SMILES string of the molecule is Cc1nc2c(c(=O)[nH]1)CN(Cc1cncc(-c3ccc(F)cc3)c1)CC2. The molecule has 0 saturated heterocycles.